The Morgan fingerprint density at radius 3 is 1.91 bits per heavy atom. The Morgan fingerprint density at radius 2 is 1.41 bits per heavy atom. The van der Waals surface area contributed by atoms with Crippen LogP contribution in [0.4, 0.5) is 13.2 Å². The third kappa shape index (κ3) is 4.53. The molecule has 0 aliphatic rings. The van der Waals surface area contributed by atoms with Crippen LogP contribution in [0.25, 0.3) is 10.8 Å². The summed E-state index contributed by atoms with van der Waals surface area (Å²) in [6.45, 7) is 0. The zero-order valence-electron chi connectivity index (χ0n) is 18.3. The number of fused-ring (bicyclic) bond motifs is 1. The molecule has 0 unspecified atom stereocenters. The fraction of sp³-hybridized carbons (Fsp3) is 0.227. The first-order chi connectivity index (χ1) is 16.0. The molecule has 0 N–H and O–H groups in total. The highest BCUT2D eigenvalue weighted by Crippen LogP contribution is 2.41. The summed E-state index contributed by atoms with van der Waals surface area (Å²) < 4.78 is 88.2. The van der Waals surface area contributed by atoms with Crippen molar-refractivity contribution in [3.63, 3.8) is 0 Å². The van der Waals surface area contributed by atoms with E-state index in [1.807, 2.05) is 0 Å². The topological polar surface area (TPSA) is 97.4 Å². The monoisotopic (exact) mass is 500 g/mol. The van der Waals surface area contributed by atoms with Gasteiger partial charge in [0.05, 0.1) is 34.0 Å². The fourth-order valence-electron chi connectivity index (χ4n) is 3.20. The summed E-state index contributed by atoms with van der Waals surface area (Å²) in [5, 5.41) is 0.236. The molecule has 0 aliphatic heterocycles. The molecule has 12 heteroatoms. The van der Waals surface area contributed by atoms with Crippen molar-refractivity contribution in [1.82, 2.24) is 0 Å². The molecule has 34 heavy (non-hydrogen) atoms. The van der Waals surface area contributed by atoms with Gasteiger partial charge in [-0.05, 0) is 41.8 Å². The van der Waals surface area contributed by atoms with E-state index in [1.165, 1.54) is 64.8 Å². The third-order valence-electron chi connectivity index (χ3n) is 4.83. The average molecular weight is 500 g/mol. The van der Waals surface area contributed by atoms with E-state index < -0.39 is 32.7 Å². The lowest BCUT2D eigenvalue weighted by molar-refractivity contribution is -0.0499. The molecule has 3 aromatic rings. The quantitative estimate of drug-likeness (QED) is 0.256. The molecule has 0 spiro atoms. The zero-order chi connectivity index (χ0) is 25.3. The Morgan fingerprint density at radius 1 is 0.794 bits per heavy atom. The average Bonchev–Trinajstić information content (AvgIpc) is 2.81. The van der Waals surface area contributed by atoms with Gasteiger partial charge in [0.2, 0.25) is 5.75 Å². The molecule has 8 nitrogen and oxygen atoms in total. The third-order valence-corrected chi connectivity index (χ3v) is 5.78. The van der Waals surface area contributed by atoms with E-state index in [0.29, 0.717) is 5.75 Å². The van der Waals surface area contributed by atoms with Crippen LogP contribution in [0.15, 0.2) is 42.5 Å². The molecule has 182 valence electrons. The highest BCUT2D eigenvalue weighted by atomic mass is 32.2. The van der Waals surface area contributed by atoms with Crippen LogP contribution in [-0.4, -0.2) is 48.1 Å². The minimum atomic E-state index is -6.09. The number of rotatable bonds is 8. The van der Waals surface area contributed by atoms with E-state index in [0.717, 1.165) is 6.07 Å². The summed E-state index contributed by atoms with van der Waals surface area (Å²) in [6.07, 6.45) is 0. The maximum Gasteiger partial charge on any atom is 0.534 e. The van der Waals surface area contributed by atoms with E-state index in [2.05, 4.69) is 4.18 Å². The van der Waals surface area contributed by atoms with Crippen molar-refractivity contribution in [3.8, 4) is 28.7 Å². The second-order valence-corrected chi connectivity index (χ2v) is 8.29. The Kier molecular flexibility index (Phi) is 6.82. The van der Waals surface area contributed by atoms with Crippen molar-refractivity contribution in [2.24, 2.45) is 0 Å². The second-order valence-electron chi connectivity index (χ2n) is 6.76. The van der Waals surface area contributed by atoms with Gasteiger partial charge in [-0.25, -0.2) is 0 Å². The molecule has 0 aliphatic carbocycles. The predicted octanol–water partition coefficient (Wildman–Crippen LogP) is 4.33. The van der Waals surface area contributed by atoms with Crippen LogP contribution in [0.3, 0.4) is 0 Å². The van der Waals surface area contributed by atoms with Crippen LogP contribution in [0.5, 0.6) is 28.7 Å². The van der Waals surface area contributed by atoms with Gasteiger partial charge in [-0.1, -0.05) is 6.07 Å². The smallest absolute Gasteiger partial charge is 0.497 e. The minimum absolute atomic E-state index is 0.0492. The molecule has 0 fully saturated rings. The number of hydrogen-bond donors (Lipinski definition) is 0. The fourth-order valence-corrected chi connectivity index (χ4v) is 3.69. The van der Waals surface area contributed by atoms with Crippen LogP contribution in [0.1, 0.15) is 15.9 Å². The Labute approximate surface area is 192 Å². The molecule has 0 saturated heterocycles. The Hall–Kier alpha value is -3.67. The Bertz CT molecular complexity index is 1330. The maximum absolute atomic E-state index is 13.4. The maximum atomic E-state index is 13.4. The molecule has 0 heterocycles. The molecule has 0 amide bonds. The van der Waals surface area contributed by atoms with Gasteiger partial charge >= 0.3 is 15.6 Å². The van der Waals surface area contributed by atoms with E-state index in [4.69, 9.17) is 18.9 Å². The van der Waals surface area contributed by atoms with Crippen LogP contribution in [0.2, 0.25) is 0 Å². The largest absolute Gasteiger partial charge is 0.534 e. The molecule has 0 radical (unpaired) electrons. The van der Waals surface area contributed by atoms with Gasteiger partial charge in [0.15, 0.2) is 23.0 Å². The number of hydrogen-bond acceptors (Lipinski definition) is 8. The number of alkyl halides is 3. The second kappa shape index (κ2) is 9.29. The van der Waals surface area contributed by atoms with E-state index >= 15 is 0 Å². The summed E-state index contributed by atoms with van der Waals surface area (Å²) in [7, 11) is -0.709. The molecule has 0 aromatic heterocycles. The number of ketones is 1. The van der Waals surface area contributed by atoms with E-state index in [-0.39, 0.29) is 33.6 Å². The molecule has 0 saturated carbocycles. The van der Waals surface area contributed by atoms with Crippen molar-refractivity contribution in [2.75, 3.05) is 28.4 Å². The summed E-state index contributed by atoms with van der Waals surface area (Å²) in [4.78, 5) is 13.4. The van der Waals surface area contributed by atoms with Gasteiger partial charge in [0.1, 0.15) is 5.75 Å². The zero-order valence-corrected chi connectivity index (χ0v) is 19.2. The normalized spacial score (nSPS) is 11.7. The number of halogens is 3. The van der Waals surface area contributed by atoms with Crippen molar-refractivity contribution < 1.29 is 49.5 Å². The lowest BCUT2D eigenvalue weighted by atomic mass is 9.98. The summed E-state index contributed by atoms with van der Waals surface area (Å²) in [6, 6.07) is 9.29. The summed E-state index contributed by atoms with van der Waals surface area (Å²) in [5.41, 5.74) is -6.22. The van der Waals surface area contributed by atoms with Crippen molar-refractivity contribution >= 4 is 26.7 Å². The van der Waals surface area contributed by atoms with Gasteiger partial charge < -0.3 is 23.1 Å². The predicted molar refractivity (Wildman–Crippen MR) is 116 cm³/mol. The molecule has 0 bridgehead atoms. The molecular weight excluding hydrogens is 481 g/mol. The van der Waals surface area contributed by atoms with Crippen LogP contribution in [-0.2, 0) is 10.1 Å². The number of carbonyl (C=O) groups is 1. The van der Waals surface area contributed by atoms with Crippen molar-refractivity contribution in [2.45, 2.75) is 5.51 Å². The van der Waals surface area contributed by atoms with Crippen LogP contribution >= 0.6 is 0 Å². The van der Waals surface area contributed by atoms with Crippen LogP contribution < -0.4 is 23.1 Å². The molecule has 3 rings (SSSR count). The first-order valence-corrected chi connectivity index (χ1v) is 10.8. The van der Waals surface area contributed by atoms with Gasteiger partial charge in [-0.2, -0.15) is 21.6 Å². The van der Waals surface area contributed by atoms with Crippen molar-refractivity contribution in [3.05, 3.63) is 53.6 Å². The highest BCUT2D eigenvalue weighted by molar-refractivity contribution is 7.88. The van der Waals surface area contributed by atoms with Gasteiger partial charge in [0, 0.05) is 10.9 Å². The Balaban J connectivity index is 2.27. The van der Waals surface area contributed by atoms with Crippen LogP contribution in [0, 0.1) is 0 Å². The first kappa shape index (κ1) is 25.0. The first-order valence-electron chi connectivity index (χ1n) is 9.43. The molecular formula is C22H19F3O8S. The van der Waals surface area contributed by atoms with Gasteiger partial charge in [-0.15, -0.1) is 0 Å². The van der Waals surface area contributed by atoms with E-state index in [1.54, 1.807) is 0 Å². The minimum Gasteiger partial charge on any atom is -0.497 e. The highest BCUT2D eigenvalue weighted by Gasteiger charge is 2.49. The standard InChI is InChI=1S/C22H19F3O8S/c1-29-14-6-8-15-12(9-14)5-7-16(20(15)33-34(27,28)22(23,24)25)19(26)13-10-17(30-2)21(32-4)18(11-13)31-3/h5-11H,1-4H3. The lowest BCUT2D eigenvalue weighted by Gasteiger charge is -2.17. The van der Waals surface area contributed by atoms with Crippen molar-refractivity contribution in [1.29, 1.82) is 0 Å². The van der Waals surface area contributed by atoms with E-state index in [9.17, 15) is 26.4 Å². The molecule has 3 aromatic carbocycles. The number of benzene rings is 3. The summed E-state index contributed by atoms with van der Waals surface area (Å²) in [5.74, 6) is -0.855. The number of methoxy groups -OCH3 is 4. The lowest BCUT2D eigenvalue weighted by Crippen LogP contribution is -2.28. The van der Waals surface area contributed by atoms with Gasteiger partial charge in [0.25, 0.3) is 0 Å². The summed E-state index contributed by atoms with van der Waals surface area (Å²) >= 11 is 0. The SMILES string of the molecule is COc1ccc2c(OS(=O)(=O)C(F)(F)F)c(C(=O)c3cc(OC)c(OC)c(OC)c3)ccc2c1. The van der Waals surface area contributed by atoms with Gasteiger partial charge in [-0.3, -0.25) is 4.79 Å². The number of carbonyl (C=O) groups excluding carboxylic acids is 1. The molecule has 0 atom stereocenters. The number of ether oxygens (including phenoxy) is 4.